The largest absolute Gasteiger partial charge is 0.253 e. The molecule has 1 aromatic rings. The lowest BCUT2D eigenvalue weighted by molar-refractivity contribution is -0.0856. The first-order valence-corrected chi connectivity index (χ1v) is 8.86. The van der Waals surface area contributed by atoms with Crippen LogP contribution in [0.15, 0.2) is 12.1 Å². The smallest absolute Gasteiger partial charge is 0.206 e. The van der Waals surface area contributed by atoms with Crippen molar-refractivity contribution < 1.29 is 22.0 Å². The maximum atomic E-state index is 14.7. The summed E-state index contributed by atoms with van der Waals surface area (Å²) in [5, 5.41) is 0. The van der Waals surface area contributed by atoms with Crippen molar-refractivity contribution in [3.8, 4) is 0 Å². The van der Waals surface area contributed by atoms with E-state index in [9.17, 15) is 22.0 Å². The van der Waals surface area contributed by atoms with E-state index in [2.05, 4.69) is 0 Å². The van der Waals surface area contributed by atoms with Crippen LogP contribution in [0.3, 0.4) is 0 Å². The lowest BCUT2D eigenvalue weighted by Crippen LogP contribution is -2.30. The molecule has 2 saturated carbocycles. The highest BCUT2D eigenvalue weighted by Crippen LogP contribution is 2.56. The number of fused-ring (bicyclic) bond motifs is 1. The molecule has 0 amide bonds. The molecule has 0 bridgehead atoms. The minimum atomic E-state index is -2.64. The van der Waals surface area contributed by atoms with Crippen LogP contribution in [0.1, 0.15) is 63.4 Å². The van der Waals surface area contributed by atoms with Gasteiger partial charge >= 0.3 is 0 Å². The third kappa shape index (κ3) is 3.06. The summed E-state index contributed by atoms with van der Waals surface area (Å²) in [6.45, 7) is 1.93. The van der Waals surface area contributed by atoms with Gasteiger partial charge in [-0.05, 0) is 68.1 Å². The van der Waals surface area contributed by atoms with Gasteiger partial charge in [0.25, 0.3) is 5.92 Å². The highest BCUT2D eigenvalue weighted by molar-refractivity contribution is 5.23. The number of alkyl halides is 2. The van der Waals surface area contributed by atoms with E-state index in [1.807, 2.05) is 6.92 Å². The van der Waals surface area contributed by atoms with Gasteiger partial charge in [0.05, 0.1) is 0 Å². The monoisotopic (exact) mass is 346 g/mol. The molecule has 0 spiro atoms. The standard InChI is InChI=1S/C19H23F5/c1-2-3-14-8-12-5-4-11(6-7-15(12)19(14,23)24)13-9-16(20)18(22)17(21)10-13/h9-12,14-15H,2-8H2,1H3. The molecule has 0 aliphatic heterocycles. The number of rotatable bonds is 3. The van der Waals surface area contributed by atoms with Crippen molar-refractivity contribution in [1.29, 1.82) is 0 Å². The summed E-state index contributed by atoms with van der Waals surface area (Å²) < 4.78 is 69.3. The van der Waals surface area contributed by atoms with Gasteiger partial charge in [0.1, 0.15) is 0 Å². The predicted molar refractivity (Wildman–Crippen MR) is 82.5 cm³/mol. The zero-order valence-corrected chi connectivity index (χ0v) is 13.8. The van der Waals surface area contributed by atoms with Crippen LogP contribution in [0.25, 0.3) is 0 Å². The number of halogens is 5. The van der Waals surface area contributed by atoms with E-state index in [-0.39, 0.29) is 11.8 Å². The summed E-state index contributed by atoms with van der Waals surface area (Å²) in [6, 6.07) is 2.03. The normalized spacial score (nSPS) is 32.4. The van der Waals surface area contributed by atoms with Gasteiger partial charge in [0.15, 0.2) is 17.5 Å². The van der Waals surface area contributed by atoms with Gasteiger partial charge in [-0.15, -0.1) is 0 Å². The Bertz CT molecular complexity index is 574. The maximum absolute atomic E-state index is 14.7. The summed E-state index contributed by atoms with van der Waals surface area (Å²) in [4.78, 5) is 0. The van der Waals surface area contributed by atoms with E-state index in [1.165, 1.54) is 0 Å². The van der Waals surface area contributed by atoms with Gasteiger partial charge in [-0.25, -0.2) is 22.0 Å². The zero-order valence-electron chi connectivity index (χ0n) is 13.8. The van der Waals surface area contributed by atoms with E-state index >= 15 is 0 Å². The molecule has 0 saturated heterocycles. The van der Waals surface area contributed by atoms with Gasteiger partial charge in [0, 0.05) is 11.8 Å². The molecule has 5 heteroatoms. The van der Waals surface area contributed by atoms with Crippen LogP contribution in [-0.2, 0) is 0 Å². The average molecular weight is 346 g/mol. The van der Waals surface area contributed by atoms with E-state index in [1.54, 1.807) is 0 Å². The quantitative estimate of drug-likeness (QED) is 0.436. The molecule has 4 unspecified atom stereocenters. The highest BCUT2D eigenvalue weighted by atomic mass is 19.3. The van der Waals surface area contributed by atoms with Gasteiger partial charge in [0.2, 0.25) is 0 Å². The van der Waals surface area contributed by atoms with Crippen LogP contribution >= 0.6 is 0 Å². The Balaban J connectivity index is 1.76. The fourth-order valence-corrected chi connectivity index (χ4v) is 4.79. The molecule has 0 N–H and O–H groups in total. The van der Waals surface area contributed by atoms with E-state index in [0.29, 0.717) is 44.1 Å². The van der Waals surface area contributed by atoms with Gasteiger partial charge in [-0.2, -0.15) is 0 Å². The Hall–Kier alpha value is -1.13. The van der Waals surface area contributed by atoms with E-state index in [4.69, 9.17) is 0 Å². The predicted octanol–water partition coefficient (Wildman–Crippen LogP) is 6.45. The van der Waals surface area contributed by atoms with Crippen molar-refractivity contribution in [2.75, 3.05) is 0 Å². The molecule has 0 nitrogen and oxygen atoms in total. The summed E-state index contributed by atoms with van der Waals surface area (Å²) in [5.41, 5.74) is 0.389. The number of benzene rings is 1. The summed E-state index contributed by atoms with van der Waals surface area (Å²) in [7, 11) is 0. The van der Waals surface area contributed by atoms with Crippen LogP contribution in [0.5, 0.6) is 0 Å². The Morgan fingerprint density at radius 1 is 1.00 bits per heavy atom. The fraction of sp³-hybridized carbons (Fsp3) is 0.684. The molecule has 4 atom stereocenters. The molecule has 0 radical (unpaired) electrons. The second-order valence-corrected chi connectivity index (χ2v) is 7.41. The maximum Gasteiger partial charge on any atom is 0.253 e. The molecular formula is C19H23F5. The first-order valence-electron chi connectivity index (χ1n) is 8.86. The number of hydrogen-bond donors (Lipinski definition) is 0. The third-order valence-electron chi connectivity index (χ3n) is 6.02. The van der Waals surface area contributed by atoms with Crippen molar-refractivity contribution in [2.45, 2.75) is 63.7 Å². The summed E-state index contributed by atoms with van der Waals surface area (Å²) in [5.74, 6) is -7.89. The Labute approximate surface area is 139 Å². The SMILES string of the molecule is CCCC1CC2CCC(c3cc(F)c(F)c(F)c3)CCC2C1(F)F. The van der Waals surface area contributed by atoms with Crippen LogP contribution in [0.4, 0.5) is 22.0 Å². The minimum absolute atomic E-state index is 0.0170. The van der Waals surface area contributed by atoms with Crippen molar-refractivity contribution in [1.82, 2.24) is 0 Å². The molecule has 0 heterocycles. The molecule has 0 aromatic heterocycles. The van der Waals surface area contributed by atoms with E-state index in [0.717, 1.165) is 18.6 Å². The lowest BCUT2D eigenvalue weighted by atomic mass is 9.88. The molecule has 3 rings (SSSR count). The fourth-order valence-electron chi connectivity index (χ4n) is 4.79. The van der Waals surface area contributed by atoms with Gasteiger partial charge in [-0.1, -0.05) is 13.3 Å². The van der Waals surface area contributed by atoms with Gasteiger partial charge in [-0.3, -0.25) is 0 Å². The zero-order chi connectivity index (χ0) is 17.5. The van der Waals surface area contributed by atoms with Crippen molar-refractivity contribution >= 4 is 0 Å². The van der Waals surface area contributed by atoms with Crippen LogP contribution < -0.4 is 0 Å². The topological polar surface area (TPSA) is 0 Å². The van der Waals surface area contributed by atoms with Crippen molar-refractivity contribution in [3.63, 3.8) is 0 Å². The molecule has 1 aromatic carbocycles. The second-order valence-electron chi connectivity index (χ2n) is 7.41. The van der Waals surface area contributed by atoms with Gasteiger partial charge < -0.3 is 0 Å². The highest BCUT2D eigenvalue weighted by Gasteiger charge is 2.56. The average Bonchev–Trinajstić information content (AvgIpc) is 2.68. The van der Waals surface area contributed by atoms with E-state index < -0.39 is 35.2 Å². The lowest BCUT2D eigenvalue weighted by Gasteiger charge is -2.25. The first kappa shape index (κ1) is 17.7. The molecule has 134 valence electrons. The Morgan fingerprint density at radius 2 is 1.62 bits per heavy atom. The molecule has 2 aliphatic rings. The molecular weight excluding hydrogens is 323 g/mol. The Morgan fingerprint density at radius 3 is 2.25 bits per heavy atom. The minimum Gasteiger partial charge on any atom is -0.206 e. The Kier molecular flexibility index (Phi) is 4.89. The first-order chi connectivity index (χ1) is 11.3. The summed E-state index contributed by atoms with van der Waals surface area (Å²) in [6.07, 6.45) is 3.97. The molecule has 24 heavy (non-hydrogen) atoms. The summed E-state index contributed by atoms with van der Waals surface area (Å²) >= 11 is 0. The third-order valence-corrected chi connectivity index (χ3v) is 6.02. The number of hydrogen-bond acceptors (Lipinski definition) is 0. The molecule has 2 aliphatic carbocycles. The van der Waals surface area contributed by atoms with Crippen LogP contribution in [0, 0.1) is 35.2 Å². The second kappa shape index (κ2) is 6.64. The molecule has 2 fully saturated rings. The van der Waals surface area contributed by atoms with Crippen LogP contribution in [-0.4, -0.2) is 5.92 Å². The van der Waals surface area contributed by atoms with Crippen molar-refractivity contribution in [2.24, 2.45) is 17.8 Å². The van der Waals surface area contributed by atoms with Crippen LogP contribution in [0.2, 0.25) is 0 Å². The van der Waals surface area contributed by atoms with Crippen molar-refractivity contribution in [3.05, 3.63) is 35.1 Å².